The minimum atomic E-state index is -1.56. The molecule has 3 amide bonds. The topological polar surface area (TPSA) is 165 Å². The Bertz CT molecular complexity index is 1840. The average molecular weight is 699 g/mol. The van der Waals surface area contributed by atoms with Crippen LogP contribution in [0.15, 0.2) is 78.9 Å². The standard InChI is InChI=1S/C37H42N6O8/c1-3-24(20-44)43-33-35(47)41(22-42-27-15-8-7-14-25(27)39-40-42)19-11-18-37(33)31(34(43)46)30-28(51-37)16-9-10-17-29(45)38-26(21-49-2)32(50-36(30)48)23-12-5-4-6-13-23/h4-9,11-16,18,24,26,28,30-33,44H,3,10,17,19-22H2,1-2H3,(H,38,45)/b16-9-/t24-,26-,28-,30+,31+,32-,33-,37+/m0/s1. The number of carbonyl (C=O) groups excluding carboxylic acids is 4. The lowest BCUT2D eigenvalue weighted by molar-refractivity contribution is -0.163. The normalized spacial score (nSPS) is 30.8. The molecule has 0 radical (unpaired) electrons. The maximum atomic E-state index is 14.8. The lowest BCUT2D eigenvalue weighted by atomic mass is 9.77. The molecule has 4 aliphatic heterocycles. The van der Waals surface area contributed by atoms with Gasteiger partial charge in [0.15, 0.2) is 0 Å². The van der Waals surface area contributed by atoms with Gasteiger partial charge in [0.05, 0.1) is 42.8 Å². The molecule has 268 valence electrons. The zero-order valence-corrected chi connectivity index (χ0v) is 28.5. The first-order valence-corrected chi connectivity index (χ1v) is 17.4. The van der Waals surface area contributed by atoms with Gasteiger partial charge in [-0.1, -0.05) is 78.9 Å². The maximum absolute atomic E-state index is 14.8. The zero-order valence-electron chi connectivity index (χ0n) is 28.5. The van der Waals surface area contributed by atoms with Crippen LogP contribution in [0.4, 0.5) is 0 Å². The molecule has 14 heteroatoms. The summed E-state index contributed by atoms with van der Waals surface area (Å²) >= 11 is 0. The average Bonchev–Trinajstić information content (AvgIpc) is 3.73. The Morgan fingerprint density at radius 3 is 2.61 bits per heavy atom. The summed E-state index contributed by atoms with van der Waals surface area (Å²) < 4.78 is 20.2. The van der Waals surface area contributed by atoms with Crippen molar-refractivity contribution < 1.29 is 38.5 Å². The number of hydrogen-bond acceptors (Lipinski definition) is 10. The Labute approximate surface area is 295 Å². The van der Waals surface area contributed by atoms with Gasteiger partial charge >= 0.3 is 5.97 Å². The van der Waals surface area contributed by atoms with Crippen LogP contribution in [-0.2, 0) is 40.1 Å². The number of aromatic nitrogens is 3. The third-order valence-corrected chi connectivity index (χ3v) is 10.4. The molecule has 7 rings (SSSR count). The molecule has 1 spiro atoms. The quantitative estimate of drug-likeness (QED) is 0.262. The summed E-state index contributed by atoms with van der Waals surface area (Å²) in [6, 6.07) is 13.8. The maximum Gasteiger partial charge on any atom is 0.313 e. The van der Waals surface area contributed by atoms with Gasteiger partial charge in [-0.25, -0.2) is 4.68 Å². The molecule has 1 aromatic heterocycles. The SMILES string of the molecule is CC[C@@H](CO)N1C(=O)[C@H]2[C@@H]3C(=O)O[C@@H](c4ccccc4)[C@H](COC)NC(=O)CC/C=C\[C@@H]3O[C@]23C=CCN(Cn2nnc4ccccc42)C(=O)[C@H]13. The van der Waals surface area contributed by atoms with Crippen LogP contribution in [0.25, 0.3) is 11.0 Å². The number of nitrogens with one attached hydrogen (secondary N) is 1. The van der Waals surface area contributed by atoms with Crippen LogP contribution < -0.4 is 5.32 Å². The number of nitrogens with zero attached hydrogens (tertiary/aromatic N) is 5. The van der Waals surface area contributed by atoms with Crippen LogP contribution in [0.3, 0.4) is 0 Å². The first kappa shape index (κ1) is 34.5. The van der Waals surface area contributed by atoms with Crippen molar-refractivity contribution in [1.29, 1.82) is 0 Å². The van der Waals surface area contributed by atoms with Gasteiger partial charge in [0, 0.05) is 20.1 Å². The highest BCUT2D eigenvalue weighted by Gasteiger charge is 2.72. The van der Waals surface area contributed by atoms with Crippen molar-refractivity contribution in [3.8, 4) is 0 Å². The second-order valence-corrected chi connectivity index (χ2v) is 13.4. The molecule has 4 aliphatic rings. The number of aliphatic hydroxyl groups is 1. The monoisotopic (exact) mass is 698 g/mol. The lowest BCUT2D eigenvalue weighted by Gasteiger charge is -2.38. The predicted molar refractivity (Wildman–Crippen MR) is 182 cm³/mol. The minimum absolute atomic E-state index is 0.0500. The number of aliphatic hydroxyl groups excluding tert-OH is 1. The second kappa shape index (κ2) is 14.4. The number of para-hydroxylation sites is 1. The number of ether oxygens (including phenoxy) is 3. The number of cyclic esters (lactones) is 1. The van der Waals surface area contributed by atoms with Gasteiger partial charge in [-0.3, -0.25) is 19.2 Å². The van der Waals surface area contributed by atoms with E-state index in [-0.39, 0.29) is 38.8 Å². The number of esters is 1. The molecular formula is C37H42N6O8. The molecule has 0 bridgehead atoms. The molecule has 2 fully saturated rings. The molecule has 8 atom stereocenters. The molecule has 0 aliphatic carbocycles. The summed E-state index contributed by atoms with van der Waals surface area (Å²) in [5, 5.41) is 22.0. The van der Waals surface area contributed by atoms with Gasteiger partial charge in [-0.05, 0) is 30.5 Å². The third kappa shape index (κ3) is 6.10. The number of hydrogen-bond donors (Lipinski definition) is 2. The molecule has 0 unspecified atom stereocenters. The molecule has 2 aromatic carbocycles. The molecule has 51 heavy (non-hydrogen) atoms. The molecule has 2 N–H and O–H groups in total. The largest absolute Gasteiger partial charge is 0.455 e. The second-order valence-electron chi connectivity index (χ2n) is 13.4. The molecule has 3 aromatic rings. The van der Waals surface area contributed by atoms with Crippen molar-refractivity contribution in [1.82, 2.24) is 30.1 Å². The summed E-state index contributed by atoms with van der Waals surface area (Å²) in [5.41, 5.74) is 0.489. The number of amides is 3. The van der Waals surface area contributed by atoms with E-state index in [4.69, 9.17) is 14.2 Å². The van der Waals surface area contributed by atoms with Crippen LogP contribution in [0.1, 0.15) is 37.9 Å². The van der Waals surface area contributed by atoms with Crippen molar-refractivity contribution in [2.75, 3.05) is 26.9 Å². The minimum Gasteiger partial charge on any atom is -0.455 e. The van der Waals surface area contributed by atoms with Gasteiger partial charge in [0.2, 0.25) is 11.8 Å². The Morgan fingerprint density at radius 1 is 1.06 bits per heavy atom. The van der Waals surface area contributed by atoms with Gasteiger partial charge < -0.3 is 34.4 Å². The summed E-state index contributed by atoms with van der Waals surface area (Å²) in [6.45, 7) is 1.73. The van der Waals surface area contributed by atoms with E-state index in [9.17, 15) is 24.3 Å². The number of fused-ring (bicyclic) bond motifs is 3. The Kier molecular flexibility index (Phi) is 9.73. The van der Waals surface area contributed by atoms with Crippen LogP contribution in [0.5, 0.6) is 0 Å². The molecule has 0 saturated carbocycles. The number of rotatable bonds is 8. The zero-order chi connectivity index (χ0) is 35.7. The Hall–Kier alpha value is -4.92. The van der Waals surface area contributed by atoms with Crippen molar-refractivity contribution in [3.63, 3.8) is 0 Å². The van der Waals surface area contributed by atoms with E-state index in [1.807, 2.05) is 49.4 Å². The van der Waals surface area contributed by atoms with E-state index < -0.39 is 65.6 Å². The first-order chi connectivity index (χ1) is 24.8. The number of carbonyl (C=O) groups is 4. The van der Waals surface area contributed by atoms with Crippen molar-refractivity contribution in [2.45, 2.75) is 68.8 Å². The highest BCUT2D eigenvalue weighted by molar-refractivity contribution is 5.99. The van der Waals surface area contributed by atoms with Gasteiger partial charge in [-0.2, -0.15) is 0 Å². The fraction of sp³-hybridized carbons (Fsp3) is 0.459. The van der Waals surface area contributed by atoms with Gasteiger partial charge in [0.1, 0.15) is 35.9 Å². The van der Waals surface area contributed by atoms with E-state index in [0.717, 1.165) is 5.52 Å². The lowest BCUT2D eigenvalue weighted by Crippen LogP contribution is -2.58. The van der Waals surface area contributed by atoms with E-state index in [1.54, 1.807) is 46.0 Å². The Morgan fingerprint density at radius 2 is 1.84 bits per heavy atom. The first-order valence-electron chi connectivity index (χ1n) is 17.4. The number of methoxy groups -OCH3 is 1. The molecular weight excluding hydrogens is 656 g/mol. The summed E-state index contributed by atoms with van der Waals surface area (Å²) in [4.78, 5) is 60.2. The van der Waals surface area contributed by atoms with Crippen LogP contribution in [-0.4, -0.2) is 110 Å². The highest BCUT2D eigenvalue weighted by atomic mass is 16.6. The van der Waals surface area contributed by atoms with E-state index in [1.165, 1.54) is 12.0 Å². The van der Waals surface area contributed by atoms with Gasteiger partial charge in [0.25, 0.3) is 5.91 Å². The fourth-order valence-electron chi connectivity index (χ4n) is 7.99. The van der Waals surface area contributed by atoms with E-state index >= 15 is 0 Å². The smallest absolute Gasteiger partial charge is 0.313 e. The molecule has 5 heterocycles. The number of likely N-dealkylation sites (tertiary alicyclic amines) is 1. The number of allylic oxidation sites excluding steroid dienone is 1. The van der Waals surface area contributed by atoms with Crippen molar-refractivity contribution >= 4 is 34.7 Å². The van der Waals surface area contributed by atoms with Crippen molar-refractivity contribution in [3.05, 3.63) is 84.5 Å². The van der Waals surface area contributed by atoms with Crippen LogP contribution in [0, 0.1) is 11.8 Å². The molecule has 2 saturated heterocycles. The molecule has 14 nitrogen and oxygen atoms in total. The summed E-state index contributed by atoms with van der Waals surface area (Å²) in [5.74, 6) is -4.13. The van der Waals surface area contributed by atoms with Crippen LogP contribution in [0.2, 0.25) is 0 Å². The van der Waals surface area contributed by atoms with E-state index in [0.29, 0.717) is 23.9 Å². The van der Waals surface area contributed by atoms with Gasteiger partial charge in [-0.15, -0.1) is 5.10 Å². The Balaban J connectivity index is 1.30. The summed E-state index contributed by atoms with van der Waals surface area (Å²) in [7, 11) is 1.50. The number of benzene rings is 2. The fourth-order valence-corrected chi connectivity index (χ4v) is 7.99. The van der Waals surface area contributed by atoms with E-state index in [2.05, 4.69) is 15.6 Å². The highest BCUT2D eigenvalue weighted by Crippen LogP contribution is 2.54. The third-order valence-electron chi connectivity index (χ3n) is 10.4. The predicted octanol–water partition coefficient (Wildman–Crippen LogP) is 1.90. The van der Waals surface area contributed by atoms with Crippen molar-refractivity contribution in [2.24, 2.45) is 11.8 Å². The van der Waals surface area contributed by atoms with Crippen LogP contribution >= 0.6 is 0 Å². The summed E-state index contributed by atoms with van der Waals surface area (Å²) in [6.07, 6.45) is 5.94.